The van der Waals surface area contributed by atoms with Crippen LogP contribution in [0.15, 0.2) is 6.07 Å². The van der Waals surface area contributed by atoms with Crippen molar-refractivity contribution in [1.82, 2.24) is 0 Å². The Bertz CT molecular complexity index is 369. The molecular formula is C11H16ClNO3. The molecule has 0 amide bonds. The highest BCUT2D eigenvalue weighted by Gasteiger charge is 2.15. The first-order valence-electron chi connectivity index (χ1n) is 4.87. The summed E-state index contributed by atoms with van der Waals surface area (Å²) in [6.45, 7) is 2.36. The van der Waals surface area contributed by atoms with Gasteiger partial charge in [0.25, 0.3) is 0 Å². The lowest BCUT2D eigenvalue weighted by atomic mass is 10.0. The zero-order valence-electron chi connectivity index (χ0n) is 9.67. The molecule has 0 aliphatic rings. The maximum atomic E-state index is 6.18. The third kappa shape index (κ3) is 2.58. The van der Waals surface area contributed by atoms with Crippen LogP contribution in [0.1, 0.15) is 11.1 Å². The van der Waals surface area contributed by atoms with Crippen LogP contribution in [0.2, 0.25) is 5.02 Å². The zero-order valence-corrected chi connectivity index (χ0v) is 10.4. The van der Waals surface area contributed by atoms with Gasteiger partial charge in [0.15, 0.2) is 11.5 Å². The van der Waals surface area contributed by atoms with Crippen LogP contribution in [0, 0.1) is 6.92 Å². The fraction of sp³-hybridized carbons (Fsp3) is 0.455. The molecule has 1 aromatic rings. The molecule has 4 nitrogen and oxygen atoms in total. The molecule has 0 radical (unpaired) electrons. The summed E-state index contributed by atoms with van der Waals surface area (Å²) in [5.74, 6) is 6.17. The summed E-state index contributed by atoms with van der Waals surface area (Å²) < 4.78 is 10.4. The fourth-order valence-corrected chi connectivity index (χ4v) is 1.81. The zero-order chi connectivity index (χ0) is 12.1. The van der Waals surface area contributed by atoms with Gasteiger partial charge in [-0.2, -0.15) is 0 Å². The second kappa shape index (κ2) is 5.94. The second-order valence-electron chi connectivity index (χ2n) is 3.33. The Morgan fingerprint density at radius 2 is 2.00 bits per heavy atom. The standard InChI is InChI=1S/C11H16ClNO3/c1-7-8(4-5-16-13)6-9(14-2)11(15-3)10(7)12/h6H,4-5,13H2,1-3H3. The molecule has 5 heteroatoms. The van der Waals surface area contributed by atoms with Crippen molar-refractivity contribution >= 4 is 11.6 Å². The molecule has 0 bridgehead atoms. The Morgan fingerprint density at radius 3 is 2.50 bits per heavy atom. The van der Waals surface area contributed by atoms with Crippen LogP contribution in [0.4, 0.5) is 0 Å². The largest absolute Gasteiger partial charge is 0.493 e. The first kappa shape index (κ1) is 13.1. The highest BCUT2D eigenvalue weighted by molar-refractivity contribution is 6.33. The lowest BCUT2D eigenvalue weighted by molar-refractivity contribution is 0.141. The Morgan fingerprint density at radius 1 is 1.31 bits per heavy atom. The van der Waals surface area contributed by atoms with E-state index in [4.69, 9.17) is 27.0 Å². The number of hydrogen-bond donors (Lipinski definition) is 1. The Labute approximate surface area is 100 Å². The van der Waals surface area contributed by atoms with Gasteiger partial charge in [-0.05, 0) is 30.5 Å². The molecule has 90 valence electrons. The van der Waals surface area contributed by atoms with Gasteiger partial charge in [0.2, 0.25) is 0 Å². The monoisotopic (exact) mass is 245 g/mol. The van der Waals surface area contributed by atoms with Crippen LogP contribution in [-0.2, 0) is 11.3 Å². The van der Waals surface area contributed by atoms with E-state index in [0.29, 0.717) is 29.5 Å². The van der Waals surface area contributed by atoms with Crippen LogP contribution >= 0.6 is 11.6 Å². The summed E-state index contributed by atoms with van der Waals surface area (Å²) >= 11 is 6.18. The van der Waals surface area contributed by atoms with Crippen LogP contribution in [-0.4, -0.2) is 20.8 Å². The number of benzene rings is 1. The summed E-state index contributed by atoms with van der Waals surface area (Å²) in [6, 6.07) is 1.89. The van der Waals surface area contributed by atoms with Gasteiger partial charge in [0.05, 0.1) is 25.8 Å². The smallest absolute Gasteiger partial charge is 0.179 e. The summed E-state index contributed by atoms with van der Waals surface area (Å²) in [5, 5.41) is 0.564. The molecule has 0 atom stereocenters. The van der Waals surface area contributed by atoms with Crippen molar-refractivity contribution in [1.29, 1.82) is 0 Å². The van der Waals surface area contributed by atoms with Crippen molar-refractivity contribution in [3.05, 3.63) is 22.2 Å². The van der Waals surface area contributed by atoms with Crippen molar-refractivity contribution in [3.63, 3.8) is 0 Å². The van der Waals surface area contributed by atoms with E-state index in [1.54, 1.807) is 14.2 Å². The van der Waals surface area contributed by atoms with Gasteiger partial charge in [-0.1, -0.05) is 11.6 Å². The number of hydrogen-bond acceptors (Lipinski definition) is 4. The second-order valence-corrected chi connectivity index (χ2v) is 3.71. The van der Waals surface area contributed by atoms with Gasteiger partial charge in [-0.25, -0.2) is 5.90 Å². The molecule has 1 rings (SSSR count). The van der Waals surface area contributed by atoms with Gasteiger partial charge in [0, 0.05) is 0 Å². The van der Waals surface area contributed by atoms with Gasteiger partial charge >= 0.3 is 0 Å². The third-order valence-corrected chi connectivity index (χ3v) is 2.91. The summed E-state index contributed by atoms with van der Waals surface area (Å²) in [7, 11) is 3.14. The van der Waals surface area contributed by atoms with E-state index in [-0.39, 0.29) is 0 Å². The van der Waals surface area contributed by atoms with Gasteiger partial charge in [-0.15, -0.1) is 0 Å². The normalized spacial score (nSPS) is 10.3. The molecule has 0 fully saturated rings. The van der Waals surface area contributed by atoms with E-state index in [0.717, 1.165) is 11.1 Å². The fourth-order valence-electron chi connectivity index (χ4n) is 1.52. The summed E-state index contributed by atoms with van der Waals surface area (Å²) in [4.78, 5) is 4.56. The minimum absolute atomic E-state index is 0.437. The molecule has 0 saturated carbocycles. The highest BCUT2D eigenvalue weighted by atomic mass is 35.5. The first-order chi connectivity index (χ1) is 7.65. The van der Waals surface area contributed by atoms with Crippen molar-refractivity contribution in [2.24, 2.45) is 5.90 Å². The molecule has 0 heterocycles. The van der Waals surface area contributed by atoms with Gasteiger partial charge < -0.3 is 14.3 Å². The van der Waals surface area contributed by atoms with Crippen LogP contribution in [0.5, 0.6) is 11.5 Å². The quantitative estimate of drug-likeness (QED) is 0.808. The number of halogens is 1. The van der Waals surface area contributed by atoms with Gasteiger partial charge in [0.1, 0.15) is 0 Å². The van der Waals surface area contributed by atoms with Crippen molar-refractivity contribution < 1.29 is 14.3 Å². The minimum Gasteiger partial charge on any atom is -0.493 e. The lowest BCUT2D eigenvalue weighted by Crippen LogP contribution is -2.06. The average molecular weight is 246 g/mol. The van der Waals surface area contributed by atoms with E-state index in [1.165, 1.54) is 0 Å². The lowest BCUT2D eigenvalue weighted by Gasteiger charge is -2.15. The topological polar surface area (TPSA) is 53.7 Å². The molecule has 0 aromatic heterocycles. The minimum atomic E-state index is 0.437. The van der Waals surface area contributed by atoms with Crippen LogP contribution in [0.3, 0.4) is 0 Å². The SMILES string of the molecule is COc1cc(CCON)c(C)c(Cl)c1OC. The van der Waals surface area contributed by atoms with E-state index in [9.17, 15) is 0 Å². The predicted molar refractivity (Wildman–Crippen MR) is 63.1 cm³/mol. The van der Waals surface area contributed by atoms with Crippen molar-refractivity contribution in [3.8, 4) is 11.5 Å². The first-order valence-corrected chi connectivity index (χ1v) is 5.25. The van der Waals surface area contributed by atoms with E-state index in [2.05, 4.69) is 4.84 Å². The van der Waals surface area contributed by atoms with E-state index < -0.39 is 0 Å². The number of ether oxygens (including phenoxy) is 2. The van der Waals surface area contributed by atoms with Crippen LogP contribution < -0.4 is 15.4 Å². The molecule has 1 aromatic carbocycles. The maximum Gasteiger partial charge on any atom is 0.179 e. The van der Waals surface area contributed by atoms with Crippen molar-refractivity contribution in [2.75, 3.05) is 20.8 Å². The Hall–Kier alpha value is -0.970. The van der Waals surface area contributed by atoms with Crippen LogP contribution in [0.25, 0.3) is 0 Å². The molecule has 0 saturated heterocycles. The molecule has 0 spiro atoms. The Balaban J connectivity index is 3.16. The molecule has 16 heavy (non-hydrogen) atoms. The molecule has 2 N–H and O–H groups in total. The van der Waals surface area contributed by atoms with E-state index >= 15 is 0 Å². The average Bonchev–Trinajstić information content (AvgIpc) is 2.30. The number of methoxy groups -OCH3 is 2. The third-order valence-electron chi connectivity index (χ3n) is 2.45. The molecule has 0 aliphatic carbocycles. The Kier molecular flexibility index (Phi) is 4.86. The highest BCUT2D eigenvalue weighted by Crippen LogP contribution is 2.39. The molecule has 0 aliphatic heterocycles. The number of nitrogens with two attached hydrogens (primary N) is 1. The predicted octanol–water partition coefficient (Wildman–Crippen LogP) is 2.10. The van der Waals surface area contributed by atoms with Gasteiger partial charge in [-0.3, -0.25) is 0 Å². The molecule has 0 unspecified atom stereocenters. The van der Waals surface area contributed by atoms with E-state index in [1.807, 2.05) is 13.0 Å². The number of rotatable bonds is 5. The molecular weight excluding hydrogens is 230 g/mol. The summed E-state index contributed by atoms with van der Waals surface area (Å²) in [6.07, 6.45) is 0.683. The maximum absolute atomic E-state index is 6.18. The summed E-state index contributed by atoms with van der Waals surface area (Å²) in [5.41, 5.74) is 1.99. The van der Waals surface area contributed by atoms with Crippen molar-refractivity contribution in [2.45, 2.75) is 13.3 Å².